The maximum absolute atomic E-state index is 11.6. The zero-order valence-corrected chi connectivity index (χ0v) is 23.9. The predicted octanol–water partition coefficient (Wildman–Crippen LogP) is 4.35. The topological polar surface area (TPSA) is 187 Å². The number of anilines is 1. The molecular formula is C28H24ClN7O3S2. The van der Waals surface area contributed by atoms with Crippen molar-refractivity contribution in [1.29, 1.82) is 10.5 Å². The van der Waals surface area contributed by atoms with Crippen LogP contribution in [0.25, 0.3) is 21.7 Å². The number of ether oxygens (including phenoxy) is 2. The Bertz CT molecular complexity index is 1610. The lowest BCUT2D eigenvalue weighted by atomic mass is 9.97. The summed E-state index contributed by atoms with van der Waals surface area (Å²) in [5, 5.41) is 23.8. The number of hydrogen-bond acceptors (Lipinski definition) is 12. The van der Waals surface area contributed by atoms with Crippen LogP contribution in [-0.2, 0) is 15.3 Å². The van der Waals surface area contributed by atoms with Crippen molar-refractivity contribution < 1.29 is 14.3 Å². The van der Waals surface area contributed by atoms with E-state index in [4.69, 9.17) is 38.3 Å². The van der Waals surface area contributed by atoms with Crippen LogP contribution in [0.5, 0.6) is 5.75 Å². The van der Waals surface area contributed by atoms with Crippen LogP contribution < -0.4 is 21.9 Å². The molecule has 0 unspecified atom stereocenters. The molecule has 0 spiro atoms. The Labute approximate surface area is 249 Å². The summed E-state index contributed by atoms with van der Waals surface area (Å²) in [6.45, 7) is 0.105. The second kappa shape index (κ2) is 13.9. The number of halogens is 1. The molecule has 0 bridgehead atoms. The third-order valence-corrected chi connectivity index (χ3v) is 7.91. The predicted molar refractivity (Wildman–Crippen MR) is 159 cm³/mol. The molecule has 0 aliphatic heterocycles. The van der Waals surface area contributed by atoms with Crippen LogP contribution in [0.2, 0.25) is 5.02 Å². The van der Waals surface area contributed by atoms with Gasteiger partial charge in [0.15, 0.2) is 0 Å². The number of pyridine rings is 1. The smallest absolute Gasteiger partial charge is 0.324 e. The molecule has 0 aliphatic carbocycles. The molecule has 0 aliphatic rings. The standard InChI is InChI=1S/C28H24ClN7O3S2/c29-18-5-1-17(2-6-18)26-35-19(14-40-26)15-41-27-22(12-31)24(21(11-30)25(34)36-27)16-3-7-20(8-4-16)38-9-10-39-28(37)23(33)13-32/h1-8,14,23H,9-10,13,15,32-33H2,(H2,34,36)/t23-/m0/s1. The molecule has 0 saturated heterocycles. The van der Waals surface area contributed by atoms with Crippen molar-refractivity contribution in [3.8, 4) is 39.6 Å². The fourth-order valence-electron chi connectivity index (χ4n) is 3.65. The van der Waals surface area contributed by atoms with Crippen LogP contribution in [0.15, 0.2) is 58.9 Å². The van der Waals surface area contributed by atoms with E-state index in [1.54, 1.807) is 24.3 Å². The molecule has 1 atom stereocenters. The largest absolute Gasteiger partial charge is 0.490 e. The monoisotopic (exact) mass is 605 g/mol. The number of thioether (sulfide) groups is 1. The van der Waals surface area contributed by atoms with Gasteiger partial charge in [0.05, 0.1) is 11.3 Å². The Hall–Kier alpha value is -4.17. The number of nitriles is 2. The van der Waals surface area contributed by atoms with Gasteiger partial charge in [-0.05, 0) is 29.8 Å². The third kappa shape index (κ3) is 7.32. The first-order chi connectivity index (χ1) is 19.8. The molecule has 4 aromatic rings. The van der Waals surface area contributed by atoms with Crippen molar-refractivity contribution in [3.63, 3.8) is 0 Å². The minimum Gasteiger partial charge on any atom is -0.490 e. The van der Waals surface area contributed by atoms with E-state index in [0.29, 0.717) is 32.7 Å². The number of nitrogens with two attached hydrogens (primary N) is 3. The van der Waals surface area contributed by atoms with Gasteiger partial charge in [-0.3, -0.25) is 4.79 Å². The first kappa shape index (κ1) is 29.8. The zero-order chi connectivity index (χ0) is 29.4. The van der Waals surface area contributed by atoms with Gasteiger partial charge in [0, 0.05) is 33.8 Å². The van der Waals surface area contributed by atoms with Gasteiger partial charge in [-0.1, -0.05) is 47.6 Å². The summed E-state index contributed by atoms with van der Waals surface area (Å²) >= 11 is 8.81. The highest BCUT2D eigenvalue weighted by Gasteiger charge is 2.21. The summed E-state index contributed by atoms with van der Waals surface area (Å²) in [7, 11) is 0. The number of esters is 1. The van der Waals surface area contributed by atoms with Crippen molar-refractivity contribution in [2.75, 3.05) is 25.5 Å². The summed E-state index contributed by atoms with van der Waals surface area (Å²) in [4.78, 5) is 20.7. The number of nitrogens with zero attached hydrogens (tertiary/aromatic N) is 4. The molecule has 41 heavy (non-hydrogen) atoms. The number of benzene rings is 2. The zero-order valence-electron chi connectivity index (χ0n) is 21.5. The molecule has 0 fully saturated rings. The summed E-state index contributed by atoms with van der Waals surface area (Å²) in [5.41, 5.74) is 20.1. The number of carbonyl (C=O) groups is 1. The average molecular weight is 606 g/mol. The average Bonchev–Trinajstić information content (AvgIpc) is 3.47. The summed E-state index contributed by atoms with van der Waals surface area (Å²) < 4.78 is 10.6. The third-order valence-electron chi connectivity index (χ3n) is 5.71. The van der Waals surface area contributed by atoms with E-state index in [1.807, 2.05) is 29.6 Å². The first-order valence-corrected chi connectivity index (χ1v) is 14.4. The maximum Gasteiger partial charge on any atom is 0.324 e. The Morgan fingerprint density at radius 2 is 1.71 bits per heavy atom. The highest BCUT2D eigenvalue weighted by molar-refractivity contribution is 7.98. The lowest BCUT2D eigenvalue weighted by molar-refractivity contribution is -0.145. The van der Waals surface area contributed by atoms with Gasteiger partial charge in [0.2, 0.25) is 0 Å². The quantitative estimate of drug-likeness (QED) is 0.125. The van der Waals surface area contributed by atoms with E-state index < -0.39 is 12.0 Å². The molecule has 0 saturated carbocycles. The second-order valence-electron chi connectivity index (χ2n) is 8.47. The fourth-order valence-corrected chi connectivity index (χ4v) is 5.60. The minimum absolute atomic E-state index is 0.00704. The van der Waals surface area contributed by atoms with Gasteiger partial charge in [0.1, 0.15) is 58.6 Å². The Morgan fingerprint density at radius 1 is 1.02 bits per heavy atom. The lowest BCUT2D eigenvalue weighted by Gasteiger charge is -2.14. The van der Waals surface area contributed by atoms with Crippen molar-refractivity contribution in [2.24, 2.45) is 11.5 Å². The molecule has 2 heterocycles. The normalized spacial score (nSPS) is 11.3. The minimum atomic E-state index is -0.873. The second-order valence-corrected chi connectivity index (χ2v) is 10.7. The van der Waals surface area contributed by atoms with Gasteiger partial charge in [-0.2, -0.15) is 10.5 Å². The SMILES string of the molecule is N#Cc1c(N)nc(SCc2csc(-c3ccc(Cl)cc3)n2)c(C#N)c1-c1ccc(OCCOC(=O)[C@@H](N)CN)cc1. The van der Waals surface area contributed by atoms with Crippen LogP contribution >= 0.6 is 34.7 Å². The Kier molecular flexibility index (Phi) is 10.1. The number of rotatable bonds is 11. The molecule has 0 amide bonds. The summed E-state index contributed by atoms with van der Waals surface area (Å²) in [6.07, 6.45) is 0. The van der Waals surface area contributed by atoms with Crippen LogP contribution in [-0.4, -0.2) is 41.7 Å². The van der Waals surface area contributed by atoms with Gasteiger partial charge in [-0.25, -0.2) is 9.97 Å². The fraction of sp³-hybridized carbons (Fsp3) is 0.179. The van der Waals surface area contributed by atoms with Crippen molar-refractivity contribution >= 4 is 46.5 Å². The highest BCUT2D eigenvalue weighted by Crippen LogP contribution is 2.37. The number of carbonyl (C=O) groups excluding carboxylic acids is 1. The maximum atomic E-state index is 11.6. The van der Waals surface area contributed by atoms with E-state index in [0.717, 1.165) is 16.3 Å². The molecule has 6 N–H and O–H groups in total. The van der Waals surface area contributed by atoms with E-state index in [2.05, 4.69) is 22.1 Å². The number of thiazole rings is 1. The van der Waals surface area contributed by atoms with E-state index >= 15 is 0 Å². The summed E-state index contributed by atoms with van der Waals surface area (Å²) in [5.74, 6) is 0.383. The van der Waals surface area contributed by atoms with Crippen LogP contribution in [0.3, 0.4) is 0 Å². The number of hydrogen-bond donors (Lipinski definition) is 3. The van der Waals surface area contributed by atoms with Crippen LogP contribution in [0, 0.1) is 22.7 Å². The molecular weight excluding hydrogens is 582 g/mol. The first-order valence-electron chi connectivity index (χ1n) is 12.2. The van der Waals surface area contributed by atoms with Crippen molar-refractivity contribution in [1.82, 2.24) is 9.97 Å². The van der Waals surface area contributed by atoms with E-state index in [1.165, 1.54) is 23.1 Å². The molecule has 208 valence electrons. The Balaban J connectivity index is 1.50. The number of aromatic nitrogens is 2. The van der Waals surface area contributed by atoms with E-state index in [9.17, 15) is 15.3 Å². The van der Waals surface area contributed by atoms with Crippen molar-refractivity contribution in [3.05, 3.63) is 75.8 Å². The molecule has 13 heteroatoms. The van der Waals surface area contributed by atoms with Crippen molar-refractivity contribution in [2.45, 2.75) is 16.8 Å². The van der Waals surface area contributed by atoms with Gasteiger partial charge in [0.25, 0.3) is 0 Å². The van der Waals surface area contributed by atoms with Gasteiger partial charge < -0.3 is 26.7 Å². The van der Waals surface area contributed by atoms with E-state index in [-0.39, 0.29) is 36.7 Å². The van der Waals surface area contributed by atoms with Crippen LogP contribution in [0.1, 0.15) is 16.8 Å². The summed E-state index contributed by atoms with van der Waals surface area (Å²) in [6, 6.07) is 17.6. The van der Waals surface area contributed by atoms with Crippen LogP contribution in [0.4, 0.5) is 5.82 Å². The van der Waals surface area contributed by atoms with Gasteiger partial charge in [-0.15, -0.1) is 11.3 Å². The molecule has 0 radical (unpaired) electrons. The van der Waals surface area contributed by atoms with Gasteiger partial charge >= 0.3 is 5.97 Å². The molecule has 10 nitrogen and oxygen atoms in total. The molecule has 2 aromatic heterocycles. The molecule has 2 aromatic carbocycles. The number of nitrogen functional groups attached to an aromatic ring is 1. The lowest BCUT2D eigenvalue weighted by Crippen LogP contribution is -2.39. The highest BCUT2D eigenvalue weighted by atomic mass is 35.5. The Morgan fingerprint density at radius 3 is 2.37 bits per heavy atom. The molecule has 4 rings (SSSR count).